The third-order valence-electron chi connectivity index (χ3n) is 2.71. The molecule has 0 aliphatic carbocycles. The third kappa shape index (κ3) is 3.26. The molecule has 0 radical (unpaired) electrons. The second-order valence-electron chi connectivity index (χ2n) is 4.13. The lowest BCUT2D eigenvalue weighted by Gasteiger charge is -2.11. The van der Waals surface area contributed by atoms with Gasteiger partial charge < -0.3 is 10.1 Å². The van der Waals surface area contributed by atoms with Crippen LogP contribution in [-0.4, -0.2) is 18.6 Å². The Kier molecular flexibility index (Phi) is 4.29. The summed E-state index contributed by atoms with van der Waals surface area (Å²) in [5, 5.41) is 2.24. The molecule has 0 spiro atoms. The number of rotatable bonds is 3. The van der Waals surface area contributed by atoms with Crippen molar-refractivity contribution in [1.29, 1.82) is 0 Å². The van der Waals surface area contributed by atoms with Gasteiger partial charge in [0.2, 0.25) is 5.91 Å². The molecule has 1 amide bonds. The monoisotopic (exact) mass is 319 g/mol. The van der Waals surface area contributed by atoms with Crippen LogP contribution in [0.4, 0.5) is 14.5 Å². The molecule has 1 atom stereocenters. The molecule has 1 saturated heterocycles. The highest BCUT2D eigenvalue weighted by Gasteiger charge is 2.21. The predicted molar refractivity (Wildman–Crippen MR) is 66.3 cm³/mol. The van der Waals surface area contributed by atoms with E-state index in [1.165, 1.54) is 0 Å². The molecule has 0 aromatic heterocycles. The summed E-state index contributed by atoms with van der Waals surface area (Å²) in [6.45, 7) is 0.638. The SMILES string of the molecule is O=C(CC1CCCO1)Nc1c(F)cc(Br)cc1F. The Labute approximate surface area is 112 Å². The minimum absolute atomic E-state index is 0.120. The fraction of sp³-hybridized carbons (Fsp3) is 0.417. The van der Waals surface area contributed by atoms with Gasteiger partial charge in [-0.3, -0.25) is 4.79 Å². The number of benzene rings is 1. The van der Waals surface area contributed by atoms with Gasteiger partial charge in [0.1, 0.15) is 5.69 Å². The second kappa shape index (κ2) is 5.75. The smallest absolute Gasteiger partial charge is 0.227 e. The molecule has 6 heteroatoms. The lowest BCUT2D eigenvalue weighted by molar-refractivity contribution is -0.118. The summed E-state index contributed by atoms with van der Waals surface area (Å²) in [4.78, 5) is 11.6. The van der Waals surface area contributed by atoms with Crippen molar-refractivity contribution in [1.82, 2.24) is 0 Å². The first-order valence-corrected chi connectivity index (χ1v) is 6.41. The van der Waals surface area contributed by atoms with Gasteiger partial charge in [0.25, 0.3) is 0 Å². The topological polar surface area (TPSA) is 38.3 Å². The average Bonchev–Trinajstić information content (AvgIpc) is 2.76. The van der Waals surface area contributed by atoms with Gasteiger partial charge in [0.05, 0.1) is 12.5 Å². The van der Waals surface area contributed by atoms with Crippen LogP contribution in [0.15, 0.2) is 16.6 Å². The van der Waals surface area contributed by atoms with E-state index in [0.717, 1.165) is 25.0 Å². The first kappa shape index (κ1) is 13.4. The Morgan fingerprint density at radius 1 is 1.44 bits per heavy atom. The number of hydrogen-bond acceptors (Lipinski definition) is 2. The Hall–Kier alpha value is -1.01. The zero-order valence-electron chi connectivity index (χ0n) is 9.51. The van der Waals surface area contributed by atoms with Gasteiger partial charge in [-0.05, 0) is 25.0 Å². The molecular formula is C12H12BrF2NO2. The van der Waals surface area contributed by atoms with Gasteiger partial charge in [0.15, 0.2) is 11.6 Å². The average molecular weight is 320 g/mol. The predicted octanol–water partition coefficient (Wildman–Crippen LogP) is 3.23. The third-order valence-corrected chi connectivity index (χ3v) is 3.17. The van der Waals surface area contributed by atoms with E-state index in [1.54, 1.807) is 0 Å². The van der Waals surface area contributed by atoms with Crippen LogP contribution in [0.3, 0.4) is 0 Å². The first-order chi connectivity index (χ1) is 8.56. The van der Waals surface area contributed by atoms with Crippen molar-refractivity contribution in [2.75, 3.05) is 11.9 Å². The van der Waals surface area contributed by atoms with Crippen LogP contribution in [0.25, 0.3) is 0 Å². The molecule has 1 aliphatic heterocycles. The first-order valence-electron chi connectivity index (χ1n) is 5.62. The van der Waals surface area contributed by atoms with Gasteiger partial charge in [-0.1, -0.05) is 15.9 Å². The molecule has 0 saturated carbocycles. The maximum Gasteiger partial charge on any atom is 0.227 e. The molecule has 1 unspecified atom stereocenters. The van der Waals surface area contributed by atoms with E-state index in [-0.39, 0.29) is 17.0 Å². The highest BCUT2D eigenvalue weighted by atomic mass is 79.9. The van der Waals surface area contributed by atoms with Crippen LogP contribution in [-0.2, 0) is 9.53 Å². The van der Waals surface area contributed by atoms with Crippen molar-refractivity contribution in [2.24, 2.45) is 0 Å². The van der Waals surface area contributed by atoms with Crippen LogP contribution in [0.5, 0.6) is 0 Å². The zero-order chi connectivity index (χ0) is 13.1. The summed E-state index contributed by atoms with van der Waals surface area (Å²) in [5.41, 5.74) is -0.416. The van der Waals surface area contributed by atoms with Crippen molar-refractivity contribution < 1.29 is 18.3 Å². The summed E-state index contributed by atoms with van der Waals surface area (Å²) >= 11 is 2.97. The number of amides is 1. The van der Waals surface area contributed by atoms with Gasteiger partial charge in [-0.2, -0.15) is 0 Å². The van der Waals surface area contributed by atoms with Crippen molar-refractivity contribution in [3.05, 3.63) is 28.2 Å². The van der Waals surface area contributed by atoms with Crippen molar-refractivity contribution in [3.63, 3.8) is 0 Å². The molecule has 3 nitrogen and oxygen atoms in total. The Balaban J connectivity index is 2.02. The van der Waals surface area contributed by atoms with E-state index in [4.69, 9.17) is 4.74 Å². The molecule has 1 N–H and O–H groups in total. The van der Waals surface area contributed by atoms with Gasteiger partial charge in [-0.15, -0.1) is 0 Å². The summed E-state index contributed by atoms with van der Waals surface area (Å²) in [6, 6.07) is 2.20. The van der Waals surface area contributed by atoms with Crippen LogP contribution in [0.2, 0.25) is 0 Å². The van der Waals surface area contributed by atoms with E-state index >= 15 is 0 Å². The molecule has 1 heterocycles. The minimum atomic E-state index is -0.803. The number of nitrogens with one attached hydrogen (secondary N) is 1. The molecule has 1 aromatic rings. The van der Waals surface area contributed by atoms with Crippen LogP contribution in [0.1, 0.15) is 19.3 Å². The van der Waals surface area contributed by atoms with Gasteiger partial charge in [0, 0.05) is 11.1 Å². The van der Waals surface area contributed by atoms with Crippen LogP contribution >= 0.6 is 15.9 Å². The maximum atomic E-state index is 13.5. The second-order valence-corrected chi connectivity index (χ2v) is 5.05. The quantitative estimate of drug-likeness (QED) is 0.928. The summed E-state index contributed by atoms with van der Waals surface area (Å²) in [6.07, 6.45) is 1.69. The molecule has 18 heavy (non-hydrogen) atoms. The van der Waals surface area contributed by atoms with Crippen molar-refractivity contribution >= 4 is 27.5 Å². The van der Waals surface area contributed by atoms with E-state index in [1.807, 2.05) is 0 Å². The summed E-state index contributed by atoms with van der Waals surface area (Å²) < 4.78 is 32.5. The largest absolute Gasteiger partial charge is 0.378 e. The minimum Gasteiger partial charge on any atom is -0.378 e. The molecule has 1 fully saturated rings. The lowest BCUT2D eigenvalue weighted by Crippen LogP contribution is -2.20. The molecular weight excluding hydrogens is 308 g/mol. The highest BCUT2D eigenvalue weighted by molar-refractivity contribution is 9.10. The number of carbonyl (C=O) groups is 1. The van der Waals surface area contributed by atoms with Crippen molar-refractivity contribution in [2.45, 2.75) is 25.4 Å². The molecule has 0 bridgehead atoms. The molecule has 98 valence electrons. The number of ether oxygens (including phenoxy) is 1. The Bertz CT molecular complexity index is 438. The molecule has 1 aliphatic rings. The summed E-state index contributed by atoms with van der Waals surface area (Å²) in [5.74, 6) is -2.05. The van der Waals surface area contributed by atoms with E-state index in [2.05, 4.69) is 21.2 Å². The van der Waals surface area contributed by atoms with Gasteiger partial charge >= 0.3 is 0 Å². The van der Waals surface area contributed by atoms with E-state index in [9.17, 15) is 13.6 Å². The Morgan fingerprint density at radius 2 is 2.11 bits per heavy atom. The normalized spacial score (nSPS) is 18.9. The number of carbonyl (C=O) groups excluding carboxylic acids is 1. The van der Waals surface area contributed by atoms with E-state index in [0.29, 0.717) is 6.61 Å². The van der Waals surface area contributed by atoms with Crippen molar-refractivity contribution in [3.8, 4) is 0 Å². The summed E-state index contributed by atoms with van der Waals surface area (Å²) in [7, 11) is 0. The standard InChI is InChI=1S/C12H12BrF2NO2/c13-7-4-9(14)12(10(15)5-7)16-11(17)6-8-2-1-3-18-8/h4-5,8H,1-3,6H2,(H,16,17). The number of hydrogen-bond donors (Lipinski definition) is 1. The number of anilines is 1. The zero-order valence-corrected chi connectivity index (χ0v) is 11.1. The highest BCUT2D eigenvalue weighted by Crippen LogP contribution is 2.24. The number of halogens is 3. The fourth-order valence-electron chi connectivity index (χ4n) is 1.86. The lowest BCUT2D eigenvalue weighted by atomic mass is 10.1. The van der Waals surface area contributed by atoms with Crippen LogP contribution in [0, 0.1) is 11.6 Å². The van der Waals surface area contributed by atoms with Crippen LogP contribution < -0.4 is 5.32 Å². The maximum absolute atomic E-state index is 13.5. The molecule has 2 rings (SSSR count). The Morgan fingerprint density at radius 3 is 2.67 bits per heavy atom. The van der Waals surface area contributed by atoms with Gasteiger partial charge in [-0.25, -0.2) is 8.78 Å². The van der Waals surface area contributed by atoms with E-state index < -0.39 is 23.2 Å². The fourth-order valence-corrected chi connectivity index (χ4v) is 2.27. The molecule has 1 aromatic carbocycles.